The van der Waals surface area contributed by atoms with Gasteiger partial charge in [-0.1, -0.05) is 11.6 Å². The molecule has 0 bridgehead atoms. The summed E-state index contributed by atoms with van der Waals surface area (Å²) >= 11 is 6.34. The summed E-state index contributed by atoms with van der Waals surface area (Å²) in [5.41, 5.74) is 14.8. The normalized spacial score (nSPS) is 17.1. The van der Waals surface area contributed by atoms with E-state index in [4.69, 9.17) is 27.8 Å². The number of nitrogens with one attached hydrogen (secondary N) is 1. The van der Waals surface area contributed by atoms with Gasteiger partial charge in [-0.05, 0) is 13.8 Å². The Morgan fingerprint density at radius 2 is 2.19 bits per heavy atom. The molecule has 3 rings (SSSR count). The number of aromatic nitrogens is 3. The van der Waals surface area contributed by atoms with Crippen molar-refractivity contribution >= 4 is 23.4 Å². The van der Waals surface area contributed by atoms with E-state index < -0.39 is 6.35 Å². The average Bonchev–Trinajstić information content (AvgIpc) is 2.94. The lowest BCUT2D eigenvalue weighted by Crippen LogP contribution is -2.40. The van der Waals surface area contributed by atoms with E-state index in [1.807, 2.05) is 13.8 Å². The van der Waals surface area contributed by atoms with Crippen LogP contribution in [-0.4, -0.2) is 46.6 Å². The highest BCUT2D eigenvalue weighted by Gasteiger charge is 2.34. The molecule has 0 aromatic carbocycles. The topological polar surface area (TPSA) is 135 Å². The molecule has 10 heteroatoms. The van der Waals surface area contributed by atoms with Crippen LogP contribution in [-0.2, 0) is 6.54 Å². The number of rotatable bonds is 6. The van der Waals surface area contributed by atoms with Gasteiger partial charge in [0.05, 0.1) is 19.3 Å². The van der Waals surface area contributed by atoms with Crippen LogP contribution in [0.15, 0.2) is 6.20 Å². The monoisotopic (exact) mass is 393 g/mol. The van der Waals surface area contributed by atoms with Crippen LogP contribution in [0.25, 0.3) is 0 Å². The van der Waals surface area contributed by atoms with Gasteiger partial charge in [0.2, 0.25) is 5.95 Å². The Bertz CT molecular complexity index is 847. The van der Waals surface area contributed by atoms with E-state index in [0.29, 0.717) is 30.6 Å². The van der Waals surface area contributed by atoms with Crippen LogP contribution in [0.5, 0.6) is 5.75 Å². The van der Waals surface area contributed by atoms with Crippen molar-refractivity contribution in [3.63, 3.8) is 0 Å². The molecule has 6 N–H and O–H groups in total. The van der Waals surface area contributed by atoms with Crippen LogP contribution in [0.3, 0.4) is 0 Å². The van der Waals surface area contributed by atoms with Crippen molar-refractivity contribution < 1.29 is 9.84 Å². The second kappa shape index (κ2) is 7.81. The lowest BCUT2D eigenvalue weighted by Gasteiger charge is -2.21. The third-order valence-electron chi connectivity index (χ3n) is 4.71. The molecule has 0 saturated carbocycles. The molecule has 2 aromatic heterocycles. The zero-order valence-electron chi connectivity index (χ0n) is 15.5. The fourth-order valence-electron chi connectivity index (χ4n) is 3.46. The van der Waals surface area contributed by atoms with Crippen molar-refractivity contribution in [2.24, 2.45) is 5.73 Å². The lowest BCUT2D eigenvalue weighted by atomic mass is 10.1. The SMILES string of the molecule is COc1c(C)cnc(CN2CC(CNC(N)O)c3c(Cl)nc(N)nc32)c1C. The number of aliphatic hydroxyl groups is 1. The molecule has 0 fully saturated rings. The van der Waals surface area contributed by atoms with Gasteiger partial charge in [-0.3, -0.25) is 16.0 Å². The van der Waals surface area contributed by atoms with Gasteiger partial charge in [0.15, 0.2) is 6.35 Å². The minimum absolute atomic E-state index is 0.0426. The molecule has 3 heterocycles. The summed E-state index contributed by atoms with van der Waals surface area (Å²) in [5.74, 6) is 1.57. The Hall–Kier alpha value is -2.20. The van der Waals surface area contributed by atoms with Crippen molar-refractivity contribution in [3.8, 4) is 5.75 Å². The molecule has 2 aromatic rings. The fraction of sp³-hybridized carbons (Fsp3) is 0.471. The second-order valence-corrected chi connectivity index (χ2v) is 6.94. The summed E-state index contributed by atoms with van der Waals surface area (Å²) in [6.07, 6.45) is 0.685. The number of halogens is 1. The number of aryl methyl sites for hydroxylation is 1. The number of ether oxygens (including phenoxy) is 1. The van der Waals surface area contributed by atoms with Gasteiger partial charge in [-0.2, -0.15) is 4.98 Å². The molecule has 146 valence electrons. The first-order valence-corrected chi connectivity index (χ1v) is 8.93. The van der Waals surface area contributed by atoms with E-state index in [2.05, 4.69) is 25.2 Å². The molecule has 0 spiro atoms. The van der Waals surface area contributed by atoms with E-state index >= 15 is 0 Å². The van der Waals surface area contributed by atoms with Crippen LogP contribution >= 0.6 is 11.6 Å². The van der Waals surface area contributed by atoms with Gasteiger partial charge < -0.3 is 20.5 Å². The molecule has 0 radical (unpaired) electrons. The Labute approximate surface area is 162 Å². The first-order chi connectivity index (χ1) is 12.8. The van der Waals surface area contributed by atoms with Gasteiger partial charge in [-0.15, -0.1) is 0 Å². The Kier molecular flexibility index (Phi) is 5.66. The number of nitrogens with zero attached hydrogens (tertiary/aromatic N) is 4. The Balaban J connectivity index is 1.94. The standard InChI is InChI=1S/C17H24ClN7O2/c1-8-4-21-11(9(2)13(8)27-3)7-25-6-10(5-22-17(20)26)12-14(18)23-16(19)24-15(12)25/h4,10,17,22,26H,5-7,20H2,1-3H3,(H2,19,23,24). The third-order valence-corrected chi connectivity index (χ3v) is 5.00. The number of hydrogen-bond acceptors (Lipinski definition) is 9. The van der Waals surface area contributed by atoms with Crippen LogP contribution in [0.2, 0.25) is 5.15 Å². The number of pyridine rings is 1. The van der Waals surface area contributed by atoms with Crippen molar-refractivity contribution in [3.05, 3.63) is 33.7 Å². The number of nitrogen functional groups attached to an aromatic ring is 1. The molecule has 27 heavy (non-hydrogen) atoms. The van der Waals surface area contributed by atoms with Gasteiger partial charge in [0.1, 0.15) is 16.7 Å². The van der Waals surface area contributed by atoms with E-state index in [1.54, 1.807) is 13.3 Å². The largest absolute Gasteiger partial charge is 0.496 e. The molecule has 2 atom stereocenters. The van der Waals surface area contributed by atoms with Crippen molar-refractivity contribution in [2.45, 2.75) is 32.7 Å². The van der Waals surface area contributed by atoms with Gasteiger partial charge in [-0.25, -0.2) is 4.98 Å². The van der Waals surface area contributed by atoms with Gasteiger partial charge in [0.25, 0.3) is 0 Å². The fourth-order valence-corrected chi connectivity index (χ4v) is 3.79. The highest BCUT2D eigenvalue weighted by Crippen LogP contribution is 2.40. The summed E-state index contributed by atoms with van der Waals surface area (Å²) in [6, 6.07) is 0. The number of nitrogens with two attached hydrogens (primary N) is 2. The highest BCUT2D eigenvalue weighted by atomic mass is 35.5. The van der Waals surface area contributed by atoms with Gasteiger partial charge in [0, 0.05) is 41.9 Å². The summed E-state index contributed by atoms with van der Waals surface area (Å²) < 4.78 is 5.50. The van der Waals surface area contributed by atoms with Crippen molar-refractivity contribution in [1.29, 1.82) is 0 Å². The van der Waals surface area contributed by atoms with E-state index in [0.717, 1.165) is 28.1 Å². The van der Waals surface area contributed by atoms with E-state index in [-0.39, 0.29) is 11.9 Å². The van der Waals surface area contributed by atoms with Crippen LogP contribution in [0, 0.1) is 13.8 Å². The number of hydrogen-bond donors (Lipinski definition) is 4. The quantitative estimate of drug-likeness (QED) is 0.412. The molecular formula is C17H24ClN7O2. The third kappa shape index (κ3) is 3.91. The predicted octanol–water partition coefficient (Wildman–Crippen LogP) is 0.661. The summed E-state index contributed by atoms with van der Waals surface area (Å²) in [5, 5.41) is 12.5. The maximum Gasteiger partial charge on any atom is 0.223 e. The molecule has 2 unspecified atom stereocenters. The average molecular weight is 394 g/mol. The van der Waals surface area contributed by atoms with Crippen molar-refractivity contribution in [2.75, 3.05) is 30.8 Å². The van der Waals surface area contributed by atoms with Crippen LogP contribution < -0.4 is 26.4 Å². The molecule has 0 saturated heterocycles. The van der Waals surface area contributed by atoms with Crippen LogP contribution in [0.4, 0.5) is 11.8 Å². The van der Waals surface area contributed by atoms with Crippen molar-refractivity contribution in [1.82, 2.24) is 20.3 Å². The minimum Gasteiger partial charge on any atom is -0.496 e. The summed E-state index contributed by atoms with van der Waals surface area (Å²) in [7, 11) is 1.65. The maximum atomic E-state index is 9.34. The molecule has 9 nitrogen and oxygen atoms in total. The number of methoxy groups -OCH3 is 1. The first-order valence-electron chi connectivity index (χ1n) is 8.55. The van der Waals surface area contributed by atoms with Gasteiger partial charge >= 0.3 is 0 Å². The molecule has 0 amide bonds. The first kappa shape index (κ1) is 19.6. The zero-order chi connectivity index (χ0) is 19.7. The summed E-state index contributed by atoms with van der Waals surface area (Å²) in [6.45, 7) is 5.50. The van der Waals surface area contributed by atoms with E-state index in [1.165, 1.54) is 0 Å². The second-order valence-electron chi connectivity index (χ2n) is 6.59. The predicted molar refractivity (Wildman–Crippen MR) is 104 cm³/mol. The smallest absolute Gasteiger partial charge is 0.223 e. The number of fused-ring (bicyclic) bond motifs is 1. The Morgan fingerprint density at radius 1 is 1.44 bits per heavy atom. The lowest BCUT2D eigenvalue weighted by molar-refractivity contribution is 0.142. The zero-order valence-corrected chi connectivity index (χ0v) is 16.3. The maximum absolute atomic E-state index is 9.34. The minimum atomic E-state index is -1.11. The Morgan fingerprint density at radius 3 is 2.85 bits per heavy atom. The molecule has 0 aliphatic carbocycles. The highest BCUT2D eigenvalue weighted by molar-refractivity contribution is 6.30. The molecule has 1 aliphatic rings. The van der Waals surface area contributed by atoms with Crippen LogP contribution in [0.1, 0.15) is 28.3 Å². The summed E-state index contributed by atoms with van der Waals surface area (Å²) in [4.78, 5) is 15.1. The number of aliphatic hydroxyl groups excluding tert-OH is 1. The number of anilines is 2. The van der Waals surface area contributed by atoms with E-state index in [9.17, 15) is 5.11 Å². The molecule has 1 aliphatic heterocycles. The molecular weight excluding hydrogens is 370 g/mol.